The van der Waals surface area contributed by atoms with E-state index in [4.69, 9.17) is 9.47 Å². The lowest BCUT2D eigenvalue weighted by atomic mass is 10.2. The molecule has 0 amide bonds. The van der Waals surface area contributed by atoms with Gasteiger partial charge >= 0.3 is 6.36 Å². The average Bonchev–Trinajstić information content (AvgIpc) is 3.09. The van der Waals surface area contributed by atoms with Crippen molar-refractivity contribution in [2.75, 3.05) is 13.8 Å². The highest BCUT2D eigenvalue weighted by molar-refractivity contribution is 5.79. The molecule has 1 aliphatic rings. The number of ether oxygens (including phenoxy) is 3. The van der Waals surface area contributed by atoms with Crippen molar-refractivity contribution in [3.63, 3.8) is 0 Å². The van der Waals surface area contributed by atoms with E-state index >= 15 is 0 Å². The van der Waals surface area contributed by atoms with Crippen LogP contribution in [0, 0.1) is 0 Å². The Labute approximate surface area is 154 Å². The number of guanidine groups is 1. The number of hydrogen-bond acceptors (Lipinski definition) is 4. The zero-order valence-electron chi connectivity index (χ0n) is 14.5. The van der Waals surface area contributed by atoms with Gasteiger partial charge in [-0.15, -0.1) is 13.2 Å². The summed E-state index contributed by atoms with van der Waals surface area (Å²) in [4.78, 5) is 4.07. The van der Waals surface area contributed by atoms with Crippen LogP contribution in [-0.2, 0) is 13.1 Å². The van der Waals surface area contributed by atoms with E-state index in [9.17, 15) is 13.2 Å². The summed E-state index contributed by atoms with van der Waals surface area (Å²) in [5.74, 6) is 1.57. The number of hydrogen-bond donors (Lipinski definition) is 2. The molecule has 0 unspecified atom stereocenters. The van der Waals surface area contributed by atoms with Crippen LogP contribution in [0.3, 0.4) is 0 Å². The second-order valence-electron chi connectivity index (χ2n) is 5.62. The normalized spacial score (nSPS) is 13.4. The minimum Gasteiger partial charge on any atom is -0.454 e. The number of aliphatic imine (C=N–C) groups is 1. The summed E-state index contributed by atoms with van der Waals surface area (Å²) in [5, 5.41) is 6.06. The van der Waals surface area contributed by atoms with E-state index < -0.39 is 6.36 Å². The lowest BCUT2D eigenvalue weighted by molar-refractivity contribution is -0.274. The van der Waals surface area contributed by atoms with Gasteiger partial charge in [0.05, 0.1) is 0 Å². The van der Waals surface area contributed by atoms with Crippen molar-refractivity contribution in [2.45, 2.75) is 19.5 Å². The minimum absolute atomic E-state index is 0.118. The Bertz CT molecular complexity index is 825. The van der Waals surface area contributed by atoms with Crippen LogP contribution in [0.15, 0.2) is 47.5 Å². The fourth-order valence-electron chi connectivity index (χ4n) is 2.51. The van der Waals surface area contributed by atoms with E-state index in [2.05, 4.69) is 20.4 Å². The number of alkyl halides is 3. The van der Waals surface area contributed by atoms with E-state index in [0.29, 0.717) is 29.6 Å². The Morgan fingerprint density at radius 1 is 1.07 bits per heavy atom. The molecule has 2 aromatic carbocycles. The van der Waals surface area contributed by atoms with Gasteiger partial charge in [-0.05, 0) is 23.8 Å². The predicted molar refractivity (Wildman–Crippen MR) is 92.7 cm³/mol. The molecule has 0 aliphatic carbocycles. The van der Waals surface area contributed by atoms with Crippen molar-refractivity contribution >= 4 is 5.96 Å². The summed E-state index contributed by atoms with van der Waals surface area (Å²) in [5.41, 5.74) is 1.31. The quantitative estimate of drug-likeness (QED) is 0.615. The highest BCUT2D eigenvalue weighted by Crippen LogP contribution is 2.32. The Morgan fingerprint density at radius 2 is 1.81 bits per heavy atom. The van der Waals surface area contributed by atoms with E-state index in [1.54, 1.807) is 19.2 Å². The SMILES string of the molecule is CN=C(NCc1ccc2c(c1)OCO2)NCc1ccccc1OC(F)(F)F. The minimum atomic E-state index is -4.74. The molecule has 9 heteroatoms. The largest absolute Gasteiger partial charge is 0.573 e. The molecule has 27 heavy (non-hydrogen) atoms. The second-order valence-corrected chi connectivity index (χ2v) is 5.62. The molecular formula is C18H18F3N3O3. The summed E-state index contributed by atoms with van der Waals surface area (Å²) >= 11 is 0. The van der Waals surface area contributed by atoms with Gasteiger partial charge in [0.2, 0.25) is 6.79 Å². The van der Waals surface area contributed by atoms with Crippen LogP contribution in [0.1, 0.15) is 11.1 Å². The summed E-state index contributed by atoms with van der Waals surface area (Å²) in [6.07, 6.45) is -4.74. The molecular weight excluding hydrogens is 363 g/mol. The topological polar surface area (TPSA) is 64.1 Å². The molecule has 1 heterocycles. The fourth-order valence-corrected chi connectivity index (χ4v) is 2.51. The zero-order chi connectivity index (χ0) is 19.3. The molecule has 1 aliphatic heterocycles. The van der Waals surface area contributed by atoms with Crippen LogP contribution in [-0.4, -0.2) is 26.2 Å². The highest BCUT2D eigenvalue weighted by Gasteiger charge is 2.31. The van der Waals surface area contributed by atoms with Crippen molar-refractivity contribution in [1.29, 1.82) is 0 Å². The van der Waals surface area contributed by atoms with E-state index in [0.717, 1.165) is 5.56 Å². The van der Waals surface area contributed by atoms with E-state index in [1.165, 1.54) is 12.1 Å². The Kier molecular flexibility index (Phi) is 5.58. The van der Waals surface area contributed by atoms with Crippen molar-refractivity contribution in [3.8, 4) is 17.2 Å². The number of fused-ring (bicyclic) bond motifs is 1. The standard InChI is InChI=1S/C18H18F3N3O3/c1-22-17(23-9-12-6-7-15-16(8-12)26-11-25-15)24-10-13-4-2-3-5-14(13)27-18(19,20)21/h2-8H,9-11H2,1H3,(H2,22,23,24). The first kappa shape index (κ1) is 18.7. The lowest BCUT2D eigenvalue weighted by Crippen LogP contribution is -2.36. The van der Waals surface area contributed by atoms with Crippen LogP contribution in [0.5, 0.6) is 17.2 Å². The number of halogens is 3. The molecule has 144 valence electrons. The first-order valence-electron chi connectivity index (χ1n) is 8.11. The summed E-state index contributed by atoms with van der Waals surface area (Å²) in [6, 6.07) is 11.5. The Hall–Kier alpha value is -3.10. The molecule has 0 spiro atoms. The molecule has 0 radical (unpaired) electrons. The Balaban J connectivity index is 1.57. The molecule has 3 rings (SSSR count). The first-order chi connectivity index (χ1) is 12.9. The maximum atomic E-state index is 12.5. The molecule has 0 bridgehead atoms. The van der Waals surface area contributed by atoms with Gasteiger partial charge in [-0.3, -0.25) is 4.99 Å². The van der Waals surface area contributed by atoms with E-state index in [1.807, 2.05) is 18.2 Å². The van der Waals surface area contributed by atoms with Gasteiger partial charge in [-0.2, -0.15) is 0 Å². The molecule has 2 N–H and O–H groups in total. The number of nitrogens with one attached hydrogen (secondary N) is 2. The van der Waals surface area contributed by atoms with Crippen LogP contribution in [0.25, 0.3) is 0 Å². The van der Waals surface area contributed by atoms with Gasteiger partial charge in [-0.25, -0.2) is 0 Å². The number of benzene rings is 2. The molecule has 2 aromatic rings. The molecule has 6 nitrogen and oxygen atoms in total. The van der Waals surface area contributed by atoms with Gasteiger partial charge in [0.1, 0.15) is 5.75 Å². The van der Waals surface area contributed by atoms with Gasteiger partial charge in [-0.1, -0.05) is 24.3 Å². The third kappa shape index (κ3) is 5.19. The molecule has 0 aromatic heterocycles. The van der Waals surface area contributed by atoms with Crippen molar-refractivity contribution < 1.29 is 27.4 Å². The molecule has 0 saturated carbocycles. The summed E-state index contributed by atoms with van der Waals surface area (Å²) < 4.78 is 52.1. The zero-order valence-corrected chi connectivity index (χ0v) is 14.5. The highest BCUT2D eigenvalue weighted by atomic mass is 19.4. The van der Waals surface area contributed by atoms with Gasteiger partial charge in [0.25, 0.3) is 0 Å². The number of nitrogens with zero attached hydrogens (tertiary/aromatic N) is 1. The predicted octanol–water partition coefficient (Wildman–Crippen LogP) is 3.18. The maximum Gasteiger partial charge on any atom is 0.573 e. The monoisotopic (exact) mass is 381 g/mol. The summed E-state index contributed by atoms with van der Waals surface area (Å²) in [7, 11) is 1.58. The third-order valence-electron chi connectivity index (χ3n) is 3.77. The average molecular weight is 381 g/mol. The summed E-state index contributed by atoms with van der Waals surface area (Å²) in [6.45, 7) is 0.777. The van der Waals surface area contributed by atoms with Crippen LogP contribution in [0.4, 0.5) is 13.2 Å². The van der Waals surface area contributed by atoms with Gasteiger partial charge in [0.15, 0.2) is 17.5 Å². The third-order valence-corrected chi connectivity index (χ3v) is 3.77. The number of para-hydroxylation sites is 1. The number of rotatable bonds is 5. The lowest BCUT2D eigenvalue weighted by Gasteiger charge is -2.15. The Morgan fingerprint density at radius 3 is 2.59 bits per heavy atom. The second kappa shape index (κ2) is 8.07. The van der Waals surface area contributed by atoms with Crippen LogP contribution >= 0.6 is 0 Å². The molecule has 0 saturated heterocycles. The van der Waals surface area contributed by atoms with Gasteiger partial charge < -0.3 is 24.8 Å². The smallest absolute Gasteiger partial charge is 0.454 e. The fraction of sp³-hybridized carbons (Fsp3) is 0.278. The molecule has 0 atom stereocenters. The van der Waals surface area contributed by atoms with Crippen LogP contribution < -0.4 is 24.8 Å². The van der Waals surface area contributed by atoms with Crippen LogP contribution in [0.2, 0.25) is 0 Å². The molecule has 0 fully saturated rings. The van der Waals surface area contributed by atoms with Crippen molar-refractivity contribution in [2.24, 2.45) is 4.99 Å². The first-order valence-corrected chi connectivity index (χ1v) is 8.11. The van der Waals surface area contributed by atoms with Gasteiger partial charge in [0, 0.05) is 25.7 Å². The maximum absolute atomic E-state index is 12.5. The van der Waals surface area contributed by atoms with Crippen molar-refractivity contribution in [1.82, 2.24) is 10.6 Å². The van der Waals surface area contributed by atoms with E-state index in [-0.39, 0.29) is 19.1 Å². The van der Waals surface area contributed by atoms with Crippen molar-refractivity contribution in [3.05, 3.63) is 53.6 Å².